The van der Waals surface area contributed by atoms with E-state index in [9.17, 15) is 24.3 Å². The Labute approximate surface area is 192 Å². The van der Waals surface area contributed by atoms with Crippen LogP contribution in [0.4, 0.5) is 9.59 Å². The number of rotatable bonds is 10. The maximum atomic E-state index is 12.3. The Kier molecular flexibility index (Phi) is 10.6. The van der Waals surface area contributed by atoms with Crippen LogP contribution in [0.25, 0.3) is 0 Å². The van der Waals surface area contributed by atoms with E-state index in [0.717, 1.165) is 14.2 Å². The maximum absolute atomic E-state index is 12.3. The van der Waals surface area contributed by atoms with E-state index < -0.39 is 42.3 Å². The Morgan fingerprint density at radius 2 is 1.48 bits per heavy atom. The predicted molar refractivity (Wildman–Crippen MR) is 115 cm³/mol. The molecule has 0 amide bonds. The SMILES string of the molecule is COC(=O)Oc1ccc(C(CC(C)OC(=O)C(C)C(C)C)[C@H](N)C(=O)O)cc1OC(=O)OC. The van der Waals surface area contributed by atoms with E-state index >= 15 is 0 Å². The summed E-state index contributed by atoms with van der Waals surface area (Å²) in [4.78, 5) is 47.1. The molecule has 1 aromatic carbocycles. The molecule has 1 rings (SSSR count). The topological polar surface area (TPSA) is 161 Å². The van der Waals surface area contributed by atoms with Crippen LogP contribution in [0.1, 0.15) is 45.6 Å². The highest BCUT2D eigenvalue weighted by Gasteiger charge is 2.31. The number of hydrogen-bond donors (Lipinski definition) is 2. The van der Waals surface area contributed by atoms with Gasteiger partial charge in [-0.15, -0.1) is 0 Å². The van der Waals surface area contributed by atoms with Gasteiger partial charge in [-0.3, -0.25) is 9.59 Å². The van der Waals surface area contributed by atoms with Gasteiger partial charge in [0.15, 0.2) is 11.5 Å². The van der Waals surface area contributed by atoms with Gasteiger partial charge >= 0.3 is 24.2 Å². The summed E-state index contributed by atoms with van der Waals surface area (Å²) < 4.78 is 24.4. The van der Waals surface area contributed by atoms with Crippen LogP contribution < -0.4 is 15.2 Å². The van der Waals surface area contributed by atoms with Gasteiger partial charge < -0.3 is 34.5 Å². The summed E-state index contributed by atoms with van der Waals surface area (Å²) in [6.45, 7) is 7.16. The molecule has 0 fully saturated rings. The first kappa shape index (κ1) is 27.7. The van der Waals surface area contributed by atoms with E-state index in [0.29, 0.717) is 5.56 Å². The van der Waals surface area contributed by atoms with Gasteiger partial charge in [0.2, 0.25) is 0 Å². The average molecular weight is 469 g/mol. The highest BCUT2D eigenvalue weighted by atomic mass is 16.7. The third kappa shape index (κ3) is 8.26. The van der Waals surface area contributed by atoms with Crippen LogP contribution in [0, 0.1) is 11.8 Å². The molecule has 0 heterocycles. The van der Waals surface area contributed by atoms with Crippen molar-refractivity contribution >= 4 is 24.2 Å². The summed E-state index contributed by atoms with van der Waals surface area (Å²) in [5, 5.41) is 9.50. The molecule has 1 aromatic rings. The molecule has 0 radical (unpaired) electrons. The first-order valence-electron chi connectivity index (χ1n) is 10.3. The molecule has 0 aliphatic rings. The van der Waals surface area contributed by atoms with Gasteiger partial charge in [0.05, 0.1) is 26.2 Å². The van der Waals surface area contributed by atoms with Gasteiger partial charge in [0, 0.05) is 5.92 Å². The number of hydrogen-bond acceptors (Lipinski definition) is 10. The second-order valence-electron chi connectivity index (χ2n) is 7.80. The second kappa shape index (κ2) is 12.6. The zero-order valence-electron chi connectivity index (χ0n) is 19.5. The van der Waals surface area contributed by atoms with E-state index in [1.807, 2.05) is 13.8 Å². The fourth-order valence-corrected chi connectivity index (χ4v) is 2.83. The van der Waals surface area contributed by atoms with Gasteiger partial charge in [-0.2, -0.15) is 0 Å². The van der Waals surface area contributed by atoms with E-state index in [1.165, 1.54) is 18.2 Å². The first-order chi connectivity index (χ1) is 15.4. The number of nitrogens with two attached hydrogens (primary N) is 1. The number of carboxylic acids is 1. The van der Waals surface area contributed by atoms with Gasteiger partial charge in [0.1, 0.15) is 6.04 Å². The quantitative estimate of drug-likeness (QED) is 0.294. The minimum Gasteiger partial charge on any atom is -0.480 e. The van der Waals surface area contributed by atoms with Crippen molar-refractivity contribution in [1.29, 1.82) is 0 Å². The minimum atomic E-state index is -1.37. The molecule has 11 heteroatoms. The molecular weight excluding hydrogens is 438 g/mol. The number of methoxy groups -OCH3 is 2. The van der Waals surface area contributed by atoms with Gasteiger partial charge in [-0.05, 0) is 37.0 Å². The summed E-state index contributed by atoms with van der Waals surface area (Å²) in [6.07, 6.45) is -2.74. The van der Waals surface area contributed by atoms with Crippen molar-refractivity contribution in [2.45, 2.75) is 52.2 Å². The van der Waals surface area contributed by atoms with Crippen LogP contribution in [0.15, 0.2) is 18.2 Å². The normalized spacial score (nSPS) is 14.4. The Bertz CT molecular complexity index is 854. The lowest BCUT2D eigenvalue weighted by Crippen LogP contribution is -2.38. The molecule has 0 aromatic heterocycles. The van der Waals surface area contributed by atoms with Crippen molar-refractivity contribution < 1.29 is 48.0 Å². The Morgan fingerprint density at radius 1 is 0.939 bits per heavy atom. The third-order valence-electron chi connectivity index (χ3n) is 5.11. The number of carboxylic acid groups (broad SMARTS) is 1. The molecule has 4 atom stereocenters. The Hall–Kier alpha value is -3.34. The number of carbonyl (C=O) groups is 4. The zero-order valence-corrected chi connectivity index (χ0v) is 19.5. The van der Waals surface area contributed by atoms with E-state index in [2.05, 4.69) is 9.47 Å². The summed E-state index contributed by atoms with van der Waals surface area (Å²) in [5.41, 5.74) is 6.27. The fourth-order valence-electron chi connectivity index (χ4n) is 2.83. The molecule has 0 saturated heterocycles. The zero-order chi connectivity index (χ0) is 25.3. The van der Waals surface area contributed by atoms with Crippen molar-refractivity contribution in [3.8, 4) is 11.5 Å². The highest BCUT2D eigenvalue weighted by Crippen LogP contribution is 2.35. The lowest BCUT2D eigenvalue weighted by molar-refractivity contribution is -0.154. The van der Waals surface area contributed by atoms with E-state index in [-0.39, 0.29) is 29.8 Å². The minimum absolute atomic E-state index is 0.0683. The molecule has 11 nitrogen and oxygen atoms in total. The molecule has 0 spiro atoms. The second-order valence-corrected chi connectivity index (χ2v) is 7.80. The lowest BCUT2D eigenvalue weighted by Gasteiger charge is -2.26. The highest BCUT2D eigenvalue weighted by molar-refractivity contribution is 5.75. The summed E-state index contributed by atoms with van der Waals surface area (Å²) in [5.74, 6) is -3.17. The predicted octanol–water partition coefficient (Wildman–Crippen LogP) is 3.09. The van der Waals surface area contributed by atoms with Crippen LogP contribution in [0.5, 0.6) is 11.5 Å². The van der Waals surface area contributed by atoms with Crippen LogP contribution in [0.2, 0.25) is 0 Å². The monoisotopic (exact) mass is 469 g/mol. The van der Waals surface area contributed by atoms with E-state index in [4.69, 9.17) is 19.9 Å². The maximum Gasteiger partial charge on any atom is 0.513 e. The number of carbonyl (C=O) groups excluding carboxylic acids is 3. The molecule has 0 aliphatic heterocycles. The van der Waals surface area contributed by atoms with Gasteiger partial charge in [-0.1, -0.05) is 26.8 Å². The smallest absolute Gasteiger partial charge is 0.480 e. The number of benzene rings is 1. The standard InChI is InChI=1S/C22H31NO10/c1-11(2)13(4)20(26)31-12(3)9-15(18(23)19(24)25)14-7-8-16(32-21(27)29-5)17(10-14)33-22(28)30-6/h7-8,10-13,15,18H,9,23H2,1-6H3,(H,24,25)/t12?,13?,15?,18-/m0/s1. The fraction of sp³-hybridized carbons (Fsp3) is 0.545. The first-order valence-corrected chi connectivity index (χ1v) is 10.3. The van der Waals surface area contributed by atoms with Crippen LogP contribution in [-0.2, 0) is 23.8 Å². The van der Waals surface area contributed by atoms with Gasteiger partial charge in [-0.25, -0.2) is 9.59 Å². The number of ether oxygens (including phenoxy) is 5. The molecule has 3 unspecified atom stereocenters. The molecule has 0 aliphatic carbocycles. The van der Waals surface area contributed by atoms with Crippen molar-refractivity contribution in [2.75, 3.05) is 14.2 Å². The largest absolute Gasteiger partial charge is 0.513 e. The van der Waals surface area contributed by atoms with Crippen molar-refractivity contribution in [3.63, 3.8) is 0 Å². The van der Waals surface area contributed by atoms with Crippen molar-refractivity contribution in [2.24, 2.45) is 17.6 Å². The number of aliphatic carboxylic acids is 1. The molecular formula is C22H31NO10. The molecule has 0 saturated carbocycles. The van der Waals surface area contributed by atoms with Crippen LogP contribution >= 0.6 is 0 Å². The summed E-state index contributed by atoms with van der Waals surface area (Å²) in [6, 6.07) is 2.69. The van der Waals surface area contributed by atoms with Crippen LogP contribution in [-0.4, -0.2) is 55.7 Å². The molecule has 33 heavy (non-hydrogen) atoms. The van der Waals surface area contributed by atoms with Crippen molar-refractivity contribution in [3.05, 3.63) is 23.8 Å². The number of esters is 1. The summed E-state index contributed by atoms with van der Waals surface area (Å²) in [7, 11) is 2.19. The van der Waals surface area contributed by atoms with Crippen LogP contribution in [0.3, 0.4) is 0 Å². The Balaban J connectivity index is 3.28. The Morgan fingerprint density at radius 3 is 1.97 bits per heavy atom. The summed E-state index contributed by atoms with van der Waals surface area (Å²) >= 11 is 0. The molecule has 3 N–H and O–H groups in total. The average Bonchev–Trinajstić information content (AvgIpc) is 2.76. The lowest BCUT2D eigenvalue weighted by atomic mass is 9.87. The molecule has 184 valence electrons. The molecule has 0 bridgehead atoms. The third-order valence-corrected chi connectivity index (χ3v) is 5.11. The van der Waals surface area contributed by atoms with Crippen molar-refractivity contribution in [1.82, 2.24) is 0 Å². The van der Waals surface area contributed by atoms with Gasteiger partial charge in [0.25, 0.3) is 0 Å². The van der Waals surface area contributed by atoms with E-state index in [1.54, 1.807) is 13.8 Å².